The van der Waals surface area contributed by atoms with Crippen LogP contribution in [0, 0.1) is 5.92 Å². The quantitative estimate of drug-likeness (QED) is 0.0541. The molecule has 0 saturated heterocycles. The average molecular weight is 658 g/mol. The molecule has 0 bridgehead atoms. The van der Waals surface area contributed by atoms with E-state index in [0.29, 0.717) is 12.1 Å². The molecule has 4 aromatic rings. The molecule has 0 spiro atoms. The van der Waals surface area contributed by atoms with Crippen molar-refractivity contribution < 1.29 is 29.0 Å². The van der Waals surface area contributed by atoms with E-state index in [1.165, 1.54) is 6.33 Å². The molecule has 0 aliphatic heterocycles. The van der Waals surface area contributed by atoms with Gasteiger partial charge in [-0.05, 0) is 34.2 Å². The normalized spacial score (nSPS) is 13.6. The van der Waals surface area contributed by atoms with Crippen molar-refractivity contribution in [3.05, 3.63) is 102 Å². The summed E-state index contributed by atoms with van der Waals surface area (Å²) < 4.78 is 5.44. The van der Waals surface area contributed by atoms with Gasteiger partial charge in [0.1, 0.15) is 18.7 Å². The van der Waals surface area contributed by atoms with Crippen LogP contribution >= 0.6 is 0 Å². The van der Waals surface area contributed by atoms with Crippen LogP contribution in [0.5, 0.6) is 0 Å². The number of aliphatic hydroxyl groups excluding tert-OH is 1. The van der Waals surface area contributed by atoms with Gasteiger partial charge in [-0.2, -0.15) is 0 Å². The Kier molecular flexibility index (Phi) is 13.0. The van der Waals surface area contributed by atoms with Gasteiger partial charge in [0.2, 0.25) is 17.7 Å². The number of aromatic nitrogens is 2. The summed E-state index contributed by atoms with van der Waals surface area (Å²) in [6.45, 7) is 3.83. The van der Waals surface area contributed by atoms with Crippen molar-refractivity contribution >= 4 is 34.6 Å². The standard InChI is InChI=1S/C35H43N7O6/c1-22(2)15-28(31(43)18-32(44)42-36)39-34(46)30(17-26-19-37-21-38-26)40-33(45)29(41-35(47)48-20-23-9-4-3-5-10-23)16-25-13-8-12-24-11-6-7-14-27(24)25/h3-14,19,21-22,28-31,43H,15-18,20,36H2,1-2H3,(H,37,38)(H,39,46)(H,40,45)(H,41,47)(H,42,44)/t28-,29-,30+,31-/m0/s1. The van der Waals surface area contributed by atoms with Crippen LogP contribution in [0.1, 0.15) is 43.5 Å². The number of carbonyl (C=O) groups excluding carboxylic acids is 4. The maximum Gasteiger partial charge on any atom is 0.408 e. The summed E-state index contributed by atoms with van der Waals surface area (Å²) in [5.74, 6) is 3.45. The second-order valence-corrected chi connectivity index (χ2v) is 12.0. The van der Waals surface area contributed by atoms with Crippen molar-refractivity contribution in [3.63, 3.8) is 0 Å². The summed E-state index contributed by atoms with van der Waals surface area (Å²) in [5, 5.41) is 21.0. The number of amides is 4. The third-order valence-corrected chi connectivity index (χ3v) is 7.80. The summed E-state index contributed by atoms with van der Waals surface area (Å²) in [6, 6.07) is 19.5. The first kappa shape index (κ1) is 35.6. The van der Waals surface area contributed by atoms with Gasteiger partial charge in [-0.1, -0.05) is 86.6 Å². The third kappa shape index (κ3) is 10.6. The Morgan fingerprint density at radius 2 is 1.56 bits per heavy atom. The van der Waals surface area contributed by atoms with Gasteiger partial charge >= 0.3 is 6.09 Å². The highest BCUT2D eigenvalue weighted by Gasteiger charge is 2.32. The van der Waals surface area contributed by atoms with Crippen LogP contribution in [0.2, 0.25) is 0 Å². The molecule has 4 amide bonds. The van der Waals surface area contributed by atoms with E-state index in [9.17, 15) is 24.3 Å². The molecule has 0 aliphatic rings. The second kappa shape index (κ2) is 17.6. The Bertz CT molecular complexity index is 1640. The van der Waals surface area contributed by atoms with E-state index in [1.807, 2.05) is 92.1 Å². The molecule has 3 aromatic carbocycles. The minimum atomic E-state index is -1.23. The number of carbonyl (C=O) groups is 4. The highest BCUT2D eigenvalue weighted by Crippen LogP contribution is 2.20. The van der Waals surface area contributed by atoms with E-state index >= 15 is 0 Å². The zero-order valence-electron chi connectivity index (χ0n) is 27.0. The highest BCUT2D eigenvalue weighted by molar-refractivity contribution is 5.93. The summed E-state index contributed by atoms with van der Waals surface area (Å²) >= 11 is 0. The largest absolute Gasteiger partial charge is 0.445 e. The number of aliphatic hydroxyl groups is 1. The van der Waals surface area contributed by atoms with E-state index in [4.69, 9.17) is 10.6 Å². The lowest BCUT2D eigenvalue weighted by atomic mass is 9.96. The molecule has 0 saturated carbocycles. The minimum Gasteiger partial charge on any atom is -0.445 e. The maximum atomic E-state index is 14.0. The minimum absolute atomic E-state index is 0.00121. The van der Waals surface area contributed by atoms with Crippen LogP contribution in [0.3, 0.4) is 0 Å². The Balaban J connectivity index is 1.57. The number of fused-ring (bicyclic) bond motifs is 1. The number of nitrogens with one attached hydrogen (secondary N) is 5. The monoisotopic (exact) mass is 657 g/mol. The van der Waals surface area contributed by atoms with Gasteiger partial charge in [-0.3, -0.25) is 19.8 Å². The molecule has 0 radical (unpaired) electrons. The Morgan fingerprint density at radius 3 is 2.27 bits per heavy atom. The van der Waals surface area contributed by atoms with Crippen molar-refractivity contribution in [3.8, 4) is 0 Å². The second-order valence-electron chi connectivity index (χ2n) is 12.0. The Hall–Kier alpha value is -5.27. The van der Waals surface area contributed by atoms with E-state index in [0.717, 1.165) is 21.9 Å². The lowest BCUT2D eigenvalue weighted by Crippen LogP contribution is -2.57. The number of aromatic amines is 1. The molecule has 8 N–H and O–H groups in total. The number of benzene rings is 3. The van der Waals surface area contributed by atoms with Gasteiger partial charge in [0.15, 0.2) is 0 Å². The van der Waals surface area contributed by atoms with Crippen molar-refractivity contribution in [2.24, 2.45) is 11.8 Å². The number of imidazole rings is 1. The SMILES string of the molecule is CC(C)C[C@H](NC(=O)[C@@H](Cc1c[nH]cn1)NC(=O)[C@H](Cc1cccc2ccccc12)NC(=O)OCc1ccccc1)[C@@H](O)CC(=O)NN. The molecule has 254 valence electrons. The van der Waals surface area contributed by atoms with E-state index in [-0.39, 0.29) is 31.8 Å². The van der Waals surface area contributed by atoms with Gasteiger partial charge in [-0.15, -0.1) is 0 Å². The predicted octanol–water partition coefficient (Wildman–Crippen LogP) is 2.40. The molecule has 48 heavy (non-hydrogen) atoms. The average Bonchev–Trinajstić information content (AvgIpc) is 3.60. The van der Waals surface area contributed by atoms with E-state index < -0.39 is 48.0 Å². The fraction of sp³-hybridized carbons (Fsp3) is 0.343. The fourth-order valence-electron chi connectivity index (χ4n) is 5.39. The van der Waals surface area contributed by atoms with Crippen LogP contribution in [-0.4, -0.2) is 63.1 Å². The van der Waals surface area contributed by atoms with Crippen LogP contribution in [0.15, 0.2) is 85.3 Å². The van der Waals surface area contributed by atoms with Gasteiger partial charge in [-0.25, -0.2) is 15.6 Å². The zero-order valence-corrected chi connectivity index (χ0v) is 27.0. The van der Waals surface area contributed by atoms with Gasteiger partial charge < -0.3 is 30.8 Å². The summed E-state index contributed by atoms with van der Waals surface area (Å²) in [5.41, 5.74) is 4.07. The highest BCUT2D eigenvalue weighted by atomic mass is 16.5. The summed E-state index contributed by atoms with van der Waals surface area (Å²) in [7, 11) is 0. The molecule has 0 unspecified atom stereocenters. The number of hydrogen-bond acceptors (Lipinski definition) is 8. The van der Waals surface area contributed by atoms with Crippen LogP contribution < -0.4 is 27.2 Å². The summed E-state index contributed by atoms with van der Waals surface area (Å²) in [4.78, 5) is 59.8. The molecule has 13 nitrogen and oxygen atoms in total. The van der Waals surface area contributed by atoms with E-state index in [1.54, 1.807) is 6.20 Å². The first-order valence-corrected chi connectivity index (χ1v) is 15.8. The number of nitrogens with zero attached hydrogens (tertiary/aromatic N) is 1. The molecule has 13 heteroatoms. The van der Waals surface area contributed by atoms with Crippen LogP contribution in [0.4, 0.5) is 4.79 Å². The van der Waals surface area contributed by atoms with Crippen molar-refractivity contribution in [1.82, 2.24) is 31.3 Å². The van der Waals surface area contributed by atoms with Crippen molar-refractivity contribution in [2.75, 3.05) is 0 Å². The van der Waals surface area contributed by atoms with Crippen LogP contribution in [-0.2, 0) is 38.6 Å². The number of alkyl carbamates (subject to hydrolysis) is 1. The number of hydrogen-bond donors (Lipinski definition) is 7. The van der Waals surface area contributed by atoms with Gasteiger partial charge in [0, 0.05) is 19.0 Å². The molecule has 1 heterocycles. The Morgan fingerprint density at radius 1 is 0.875 bits per heavy atom. The maximum absolute atomic E-state index is 14.0. The number of rotatable bonds is 16. The van der Waals surface area contributed by atoms with Crippen LogP contribution in [0.25, 0.3) is 10.8 Å². The molecule has 1 aromatic heterocycles. The van der Waals surface area contributed by atoms with Crippen molar-refractivity contribution in [1.29, 1.82) is 0 Å². The summed E-state index contributed by atoms with van der Waals surface area (Å²) in [6.07, 6.45) is 1.16. The first-order valence-electron chi connectivity index (χ1n) is 15.8. The number of H-pyrrole nitrogens is 1. The molecular formula is C35H43N7O6. The molecule has 0 aliphatic carbocycles. The number of hydrazine groups is 1. The number of nitrogens with two attached hydrogens (primary N) is 1. The molecule has 0 fully saturated rings. The molecular weight excluding hydrogens is 614 g/mol. The van der Waals surface area contributed by atoms with Gasteiger partial charge in [0.05, 0.1) is 30.6 Å². The number of ether oxygens (including phenoxy) is 1. The lowest BCUT2D eigenvalue weighted by molar-refractivity contribution is -0.131. The zero-order chi connectivity index (χ0) is 34.5. The van der Waals surface area contributed by atoms with Gasteiger partial charge in [0.25, 0.3) is 0 Å². The topological polar surface area (TPSA) is 201 Å². The smallest absolute Gasteiger partial charge is 0.408 e. The third-order valence-electron chi connectivity index (χ3n) is 7.80. The first-order chi connectivity index (χ1) is 23.1. The molecule has 4 rings (SSSR count). The van der Waals surface area contributed by atoms with Crippen molar-refractivity contribution in [2.45, 2.75) is 70.4 Å². The predicted molar refractivity (Wildman–Crippen MR) is 180 cm³/mol. The molecule has 4 atom stereocenters. The lowest BCUT2D eigenvalue weighted by Gasteiger charge is -2.28. The fourth-order valence-corrected chi connectivity index (χ4v) is 5.39. The van der Waals surface area contributed by atoms with E-state index in [2.05, 4.69) is 25.9 Å². The Labute approximate surface area is 279 Å².